The van der Waals surface area contributed by atoms with Crippen LogP contribution in [0.3, 0.4) is 0 Å². The molecule has 2 aliphatic heterocycles. The summed E-state index contributed by atoms with van der Waals surface area (Å²) in [6.45, 7) is 4.25. The van der Waals surface area contributed by atoms with E-state index in [9.17, 15) is 18.0 Å². The van der Waals surface area contributed by atoms with Gasteiger partial charge in [-0.2, -0.15) is 0 Å². The third kappa shape index (κ3) is 6.77. The number of carbonyl (C=O) groups is 2. The predicted octanol–water partition coefficient (Wildman–Crippen LogP) is 4.72. The van der Waals surface area contributed by atoms with E-state index < -0.39 is 33.5 Å². The molecule has 0 saturated carbocycles. The van der Waals surface area contributed by atoms with Crippen LogP contribution in [0.25, 0.3) is 0 Å². The van der Waals surface area contributed by atoms with Crippen molar-refractivity contribution in [3.8, 4) is 0 Å². The van der Waals surface area contributed by atoms with E-state index in [1.165, 1.54) is 7.11 Å². The monoisotopic (exact) mass is 596 g/mol. The van der Waals surface area contributed by atoms with Gasteiger partial charge in [0.25, 0.3) is 0 Å². The summed E-state index contributed by atoms with van der Waals surface area (Å²) in [5.41, 5.74) is 0.572. The summed E-state index contributed by atoms with van der Waals surface area (Å²) in [6.07, 6.45) is 0.588. The maximum Gasteiger partial charge on any atom is 0.306 e. The van der Waals surface area contributed by atoms with Crippen molar-refractivity contribution >= 4 is 45.1 Å². The molecular weight excluding hydrogens is 563 g/mol. The van der Waals surface area contributed by atoms with Crippen molar-refractivity contribution < 1.29 is 27.5 Å². The quantitative estimate of drug-likeness (QED) is 0.398. The van der Waals surface area contributed by atoms with Gasteiger partial charge in [-0.3, -0.25) is 9.59 Å². The molecule has 8 nitrogen and oxygen atoms in total. The van der Waals surface area contributed by atoms with E-state index in [-0.39, 0.29) is 30.0 Å². The molecule has 212 valence electrons. The average Bonchev–Trinajstić information content (AvgIpc) is 2.87. The second-order valence-corrected chi connectivity index (χ2v) is 13.3. The highest BCUT2D eigenvalue weighted by molar-refractivity contribution is 7.89. The topological polar surface area (TPSA) is 102 Å². The maximum atomic E-state index is 14.4. The molecule has 39 heavy (non-hydrogen) atoms. The zero-order valence-electron chi connectivity index (χ0n) is 22.2. The SMILES string of the molecule is CCC(CS(=O)(=O)NC1COC1)N1C(=O)C(C)(CC(=O)OC)CC(c2cccc(Cl)c2)C1c1ccc(Cl)cc1. The number of methoxy groups -OCH3 is 1. The number of benzene rings is 2. The van der Waals surface area contributed by atoms with Crippen molar-refractivity contribution in [2.75, 3.05) is 26.1 Å². The zero-order valence-corrected chi connectivity index (χ0v) is 24.6. The second-order valence-electron chi connectivity index (χ2n) is 10.6. The molecule has 4 atom stereocenters. The largest absolute Gasteiger partial charge is 0.469 e. The first-order chi connectivity index (χ1) is 18.5. The van der Waals surface area contributed by atoms with Crippen LogP contribution in [-0.2, 0) is 29.1 Å². The van der Waals surface area contributed by atoms with Gasteiger partial charge in [-0.15, -0.1) is 0 Å². The molecule has 0 aliphatic carbocycles. The van der Waals surface area contributed by atoms with Gasteiger partial charge >= 0.3 is 5.97 Å². The number of nitrogens with zero attached hydrogens (tertiary/aromatic N) is 1. The molecule has 0 radical (unpaired) electrons. The van der Waals surface area contributed by atoms with Gasteiger partial charge in [0.05, 0.1) is 50.0 Å². The molecule has 4 unspecified atom stereocenters. The van der Waals surface area contributed by atoms with Gasteiger partial charge in [0.2, 0.25) is 15.9 Å². The number of hydrogen-bond donors (Lipinski definition) is 1. The fourth-order valence-electron chi connectivity index (χ4n) is 5.59. The Kier molecular flexibility index (Phi) is 9.28. The molecule has 0 aromatic heterocycles. The first-order valence-electron chi connectivity index (χ1n) is 12.9. The molecule has 2 fully saturated rings. The minimum Gasteiger partial charge on any atom is -0.469 e. The zero-order chi connectivity index (χ0) is 28.4. The normalized spacial score (nSPS) is 24.7. The minimum absolute atomic E-state index is 0.135. The standard InChI is InChI=1S/C28H34Cl2N2O6S/c1-4-23(17-39(35,36)31-22-15-38-16-22)32-26(18-8-10-20(29)11-9-18)24(19-6-5-7-21(30)12-19)13-28(2,27(32)34)14-25(33)37-3/h5-12,22-24,26,31H,4,13-17H2,1-3H3. The summed E-state index contributed by atoms with van der Waals surface area (Å²) in [4.78, 5) is 28.6. The molecule has 2 heterocycles. The second kappa shape index (κ2) is 12.1. The van der Waals surface area contributed by atoms with Gasteiger partial charge in [0, 0.05) is 22.0 Å². The highest BCUT2D eigenvalue weighted by Gasteiger charge is 2.53. The van der Waals surface area contributed by atoms with Crippen LogP contribution >= 0.6 is 23.2 Å². The van der Waals surface area contributed by atoms with Gasteiger partial charge in [0.15, 0.2) is 0 Å². The fourth-order valence-corrected chi connectivity index (χ4v) is 7.56. The number of sulfonamides is 1. The molecule has 11 heteroatoms. The van der Waals surface area contributed by atoms with Gasteiger partial charge in [-0.25, -0.2) is 13.1 Å². The number of ether oxygens (including phenoxy) is 2. The number of likely N-dealkylation sites (tertiary alicyclic amines) is 1. The lowest BCUT2D eigenvalue weighted by Gasteiger charge is -2.52. The van der Waals surface area contributed by atoms with E-state index in [2.05, 4.69) is 4.72 Å². The van der Waals surface area contributed by atoms with Crippen LogP contribution in [0.5, 0.6) is 0 Å². The maximum absolute atomic E-state index is 14.4. The fraction of sp³-hybridized carbons (Fsp3) is 0.500. The molecule has 2 aliphatic rings. The number of hydrogen-bond acceptors (Lipinski definition) is 6. The van der Waals surface area contributed by atoms with E-state index in [1.807, 2.05) is 37.3 Å². The summed E-state index contributed by atoms with van der Waals surface area (Å²) < 4.78 is 39.2. The Bertz CT molecular complexity index is 1300. The molecule has 0 spiro atoms. The van der Waals surface area contributed by atoms with Gasteiger partial charge < -0.3 is 14.4 Å². The Hall–Kier alpha value is -2.17. The van der Waals surface area contributed by atoms with Crippen LogP contribution in [0, 0.1) is 5.41 Å². The van der Waals surface area contributed by atoms with Crippen LogP contribution in [0.1, 0.15) is 56.2 Å². The lowest BCUT2D eigenvalue weighted by atomic mass is 9.67. The summed E-state index contributed by atoms with van der Waals surface area (Å²) >= 11 is 12.6. The Balaban J connectivity index is 1.85. The van der Waals surface area contributed by atoms with Crippen molar-refractivity contribution in [2.24, 2.45) is 5.41 Å². The van der Waals surface area contributed by atoms with Crippen molar-refractivity contribution in [1.82, 2.24) is 9.62 Å². The molecule has 2 saturated heterocycles. The summed E-state index contributed by atoms with van der Waals surface area (Å²) in [7, 11) is -2.46. The van der Waals surface area contributed by atoms with Crippen LogP contribution < -0.4 is 4.72 Å². The first-order valence-corrected chi connectivity index (χ1v) is 15.4. The molecule has 0 bridgehead atoms. The Morgan fingerprint density at radius 2 is 1.85 bits per heavy atom. The highest BCUT2D eigenvalue weighted by atomic mass is 35.5. The minimum atomic E-state index is -3.75. The van der Waals surface area contributed by atoms with E-state index >= 15 is 0 Å². The number of nitrogens with one attached hydrogen (secondary N) is 1. The number of halogens is 2. The van der Waals surface area contributed by atoms with Crippen LogP contribution in [0.15, 0.2) is 48.5 Å². The van der Waals surface area contributed by atoms with Crippen molar-refractivity contribution in [3.63, 3.8) is 0 Å². The summed E-state index contributed by atoms with van der Waals surface area (Å²) in [5, 5.41) is 1.09. The van der Waals surface area contributed by atoms with E-state index in [4.69, 9.17) is 32.7 Å². The van der Waals surface area contributed by atoms with Gasteiger partial charge in [-0.1, -0.05) is 61.3 Å². The number of amides is 1. The number of esters is 1. The van der Waals surface area contributed by atoms with E-state index in [1.54, 1.807) is 30.0 Å². The van der Waals surface area contributed by atoms with Gasteiger partial charge in [0.1, 0.15) is 0 Å². The number of piperidine rings is 1. The van der Waals surface area contributed by atoms with Crippen LogP contribution in [0.4, 0.5) is 0 Å². The van der Waals surface area contributed by atoms with Crippen molar-refractivity contribution in [1.29, 1.82) is 0 Å². The average molecular weight is 598 g/mol. The van der Waals surface area contributed by atoms with Crippen molar-refractivity contribution in [2.45, 2.75) is 57.2 Å². The molecule has 1 amide bonds. The van der Waals surface area contributed by atoms with E-state index in [0.29, 0.717) is 36.1 Å². The van der Waals surface area contributed by atoms with Crippen LogP contribution in [0.2, 0.25) is 10.0 Å². The lowest BCUT2D eigenvalue weighted by Crippen LogP contribution is -2.58. The molecule has 4 rings (SSSR count). The Labute approximate surface area is 240 Å². The highest BCUT2D eigenvalue weighted by Crippen LogP contribution is 2.52. The van der Waals surface area contributed by atoms with E-state index in [0.717, 1.165) is 11.1 Å². The van der Waals surface area contributed by atoms with Crippen LogP contribution in [-0.4, -0.2) is 63.4 Å². The molecule has 2 aromatic carbocycles. The molecule has 1 N–H and O–H groups in total. The molecular formula is C28H34Cl2N2O6S. The number of carbonyl (C=O) groups excluding carboxylic acids is 2. The predicted molar refractivity (Wildman–Crippen MR) is 150 cm³/mol. The molecule has 2 aromatic rings. The van der Waals surface area contributed by atoms with Gasteiger partial charge in [-0.05, 0) is 48.2 Å². The third-order valence-corrected chi connectivity index (χ3v) is 9.62. The number of rotatable bonds is 10. The summed E-state index contributed by atoms with van der Waals surface area (Å²) in [6, 6.07) is 13.2. The third-order valence-electron chi connectivity index (χ3n) is 7.61. The van der Waals surface area contributed by atoms with Crippen molar-refractivity contribution in [3.05, 3.63) is 69.7 Å². The Morgan fingerprint density at radius 3 is 2.41 bits per heavy atom. The summed E-state index contributed by atoms with van der Waals surface area (Å²) in [5.74, 6) is -1.37. The lowest BCUT2D eigenvalue weighted by molar-refractivity contribution is -0.161. The smallest absolute Gasteiger partial charge is 0.306 e. The Morgan fingerprint density at radius 1 is 1.15 bits per heavy atom. The first kappa shape index (κ1) is 29.8.